The Kier molecular flexibility index (Phi) is 5.73. The summed E-state index contributed by atoms with van der Waals surface area (Å²) in [5, 5.41) is 5.69. The molecule has 1 aromatic heterocycles. The Hall–Kier alpha value is -3.62. The normalized spacial score (nSPS) is 10.3. The number of nitrogens with zero attached hydrogens (tertiary/aromatic N) is 2. The van der Waals surface area contributed by atoms with E-state index in [0.717, 1.165) is 12.1 Å². The highest BCUT2D eigenvalue weighted by atomic mass is 19.1. The van der Waals surface area contributed by atoms with Crippen LogP contribution in [0.4, 0.5) is 31.8 Å². The van der Waals surface area contributed by atoms with Gasteiger partial charge in [-0.1, -0.05) is 6.07 Å². The molecule has 0 aliphatic heterocycles. The number of para-hydroxylation sites is 1. The number of benzene rings is 2. The van der Waals surface area contributed by atoms with E-state index in [4.69, 9.17) is 14.2 Å². The van der Waals surface area contributed by atoms with Crippen molar-refractivity contribution in [1.29, 1.82) is 0 Å². The predicted octanol–water partition coefficient (Wildman–Crippen LogP) is 4.27. The fraction of sp³-hybridized carbons (Fsp3) is 0.158. The SMILES string of the molecule is COc1cc(Nc2cc(Nc3c(F)cccc3F)ncn2)cc(OC)c1OC. The van der Waals surface area contributed by atoms with Crippen molar-refractivity contribution in [3.05, 3.63) is 54.4 Å². The van der Waals surface area contributed by atoms with E-state index in [-0.39, 0.29) is 11.5 Å². The second-order valence-corrected chi connectivity index (χ2v) is 5.55. The Morgan fingerprint density at radius 1 is 0.786 bits per heavy atom. The first kappa shape index (κ1) is 19.2. The van der Waals surface area contributed by atoms with Crippen LogP contribution in [0.1, 0.15) is 0 Å². The van der Waals surface area contributed by atoms with Crippen LogP contribution in [0, 0.1) is 11.6 Å². The molecule has 0 saturated heterocycles. The monoisotopic (exact) mass is 388 g/mol. The first-order valence-electron chi connectivity index (χ1n) is 8.15. The first-order valence-corrected chi connectivity index (χ1v) is 8.15. The molecule has 0 aliphatic rings. The van der Waals surface area contributed by atoms with Crippen LogP contribution in [0.25, 0.3) is 0 Å². The minimum Gasteiger partial charge on any atom is -0.493 e. The molecule has 0 aliphatic carbocycles. The largest absolute Gasteiger partial charge is 0.493 e. The third-order valence-electron chi connectivity index (χ3n) is 3.82. The molecule has 0 fully saturated rings. The van der Waals surface area contributed by atoms with Gasteiger partial charge in [0.2, 0.25) is 5.75 Å². The van der Waals surface area contributed by atoms with Crippen molar-refractivity contribution in [2.75, 3.05) is 32.0 Å². The quantitative estimate of drug-likeness (QED) is 0.626. The predicted molar refractivity (Wildman–Crippen MR) is 101 cm³/mol. The summed E-state index contributed by atoms with van der Waals surface area (Å²) in [6, 6.07) is 8.51. The van der Waals surface area contributed by atoms with Gasteiger partial charge in [0.1, 0.15) is 35.3 Å². The third-order valence-corrected chi connectivity index (χ3v) is 3.82. The van der Waals surface area contributed by atoms with E-state index < -0.39 is 11.6 Å². The van der Waals surface area contributed by atoms with Gasteiger partial charge < -0.3 is 24.8 Å². The summed E-state index contributed by atoms with van der Waals surface area (Å²) >= 11 is 0. The number of aromatic nitrogens is 2. The number of anilines is 4. The van der Waals surface area contributed by atoms with E-state index in [2.05, 4.69) is 20.6 Å². The van der Waals surface area contributed by atoms with Gasteiger partial charge in [-0.25, -0.2) is 18.7 Å². The summed E-state index contributed by atoms with van der Waals surface area (Å²) in [6.45, 7) is 0. The van der Waals surface area contributed by atoms with E-state index in [1.807, 2.05) is 0 Å². The van der Waals surface area contributed by atoms with Crippen LogP contribution in [0.15, 0.2) is 42.7 Å². The summed E-state index contributed by atoms with van der Waals surface area (Å²) < 4.78 is 43.6. The van der Waals surface area contributed by atoms with Crippen LogP contribution in [-0.2, 0) is 0 Å². The van der Waals surface area contributed by atoms with E-state index in [9.17, 15) is 8.78 Å². The van der Waals surface area contributed by atoms with Crippen LogP contribution in [-0.4, -0.2) is 31.3 Å². The van der Waals surface area contributed by atoms with Crippen molar-refractivity contribution in [1.82, 2.24) is 9.97 Å². The summed E-state index contributed by atoms with van der Waals surface area (Å²) in [7, 11) is 4.53. The van der Waals surface area contributed by atoms with Crippen LogP contribution < -0.4 is 24.8 Å². The van der Waals surface area contributed by atoms with Crippen LogP contribution in [0.5, 0.6) is 17.2 Å². The van der Waals surface area contributed by atoms with Crippen molar-refractivity contribution in [2.24, 2.45) is 0 Å². The molecule has 0 bridgehead atoms. The van der Waals surface area contributed by atoms with Crippen molar-refractivity contribution in [3.8, 4) is 17.2 Å². The van der Waals surface area contributed by atoms with Crippen molar-refractivity contribution in [3.63, 3.8) is 0 Å². The minimum absolute atomic E-state index is 0.217. The van der Waals surface area contributed by atoms with Gasteiger partial charge in [-0.2, -0.15) is 0 Å². The maximum Gasteiger partial charge on any atom is 0.203 e. The van der Waals surface area contributed by atoms with Crippen LogP contribution in [0.3, 0.4) is 0 Å². The molecule has 1 heterocycles. The molecule has 0 saturated carbocycles. The van der Waals surface area contributed by atoms with Gasteiger partial charge in [-0.15, -0.1) is 0 Å². The lowest BCUT2D eigenvalue weighted by Gasteiger charge is -2.15. The van der Waals surface area contributed by atoms with Gasteiger partial charge in [0.25, 0.3) is 0 Å². The Bertz CT molecular complexity index is 940. The maximum absolute atomic E-state index is 13.8. The highest BCUT2D eigenvalue weighted by Crippen LogP contribution is 2.40. The topological polar surface area (TPSA) is 77.5 Å². The van der Waals surface area contributed by atoms with Gasteiger partial charge in [-0.05, 0) is 12.1 Å². The number of ether oxygens (including phenoxy) is 3. The zero-order valence-corrected chi connectivity index (χ0v) is 15.4. The summed E-state index contributed by atoms with van der Waals surface area (Å²) in [5.74, 6) is 0.541. The zero-order chi connectivity index (χ0) is 20.1. The molecule has 0 spiro atoms. The van der Waals surface area contributed by atoms with Crippen molar-refractivity contribution < 1.29 is 23.0 Å². The molecule has 3 rings (SSSR count). The number of nitrogens with one attached hydrogen (secondary N) is 2. The highest BCUT2D eigenvalue weighted by molar-refractivity contribution is 5.68. The van der Waals surface area contributed by atoms with Crippen molar-refractivity contribution >= 4 is 23.0 Å². The second kappa shape index (κ2) is 8.38. The van der Waals surface area contributed by atoms with Crippen LogP contribution >= 0.6 is 0 Å². The van der Waals surface area contributed by atoms with E-state index in [1.54, 1.807) is 12.1 Å². The van der Waals surface area contributed by atoms with E-state index in [0.29, 0.717) is 28.8 Å². The molecule has 0 radical (unpaired) electrons. The van der Waals surface area contributed by atoms with Gasteiger partial charge >= 0.3 is 0 Å². The lowest BCUT2D eigenvalue weighted by molar-refractivity contribution is 0.324. The lowest BCUT2D eigenvalue weighted by Crippen LogP contribution is -2.02. The molecule has 3 aromatic rings. The zero-order valence-electron chi connectivity index (χ0n) is 15.4. The Morgan fingerprint density at radius 2 is 1.36 bits per heavy atom. The number of methoxy groups -OCH3 is 3. The fourth-order valence-corrected chi connectivity index (χ4v) is 2.54. The van der Waals surface area contributed by atoms with Crippen LogP contribution in [0.2, 0.25) is 0 Å². The molecule has 0 atom stereocenters. The maximum atomic E-state index is 13.8. The van der Waals surface area contributed by atoms with Gasteiger partial charge in [-0.3, -0.25) is 0 Å². The Morgan fingerprint density at radius 3 is 1.89 bits per heavy atom. The molecular weight excluding hydrogens is 370 g/mol. The average molecular weight is 388 g/mol. The lowest BCUT2D eigenvalue weighted by atomic mass is 10.2. The Labute approximate surface area is 160 Å². The number of hydrogen-bond acceptors (Lipinski definition) is 7. The average Bonchev–Trinajstić information content (AvgIpc) is 2.70. The molecule has 2 N–H and O–H groups in total. The molecule has 0 amide bonds. The number of rotatable bonds is 7. The standard InChI is InChI=1S/C19H18F2N4O3/c1-26-14-7-11(8-15(27-2)19(14)28-3)24-16-9-17(23-10-22-16)25-18-12(20)5-4-6-13(18)21/h4-10H,1-3H3,(H2,22,23,24,25). The van der Waals surface area contributed by atoms with Gasteiger partial charge in [0, 0.05) is 23.9 Å². The molecule has 0 unspecified atom stereocenters. The molecule has 28 heavy (non-hydrogen) atoms. The number of halogens is 2. The summed E-state index contributed by atoms with van der Waals surface area (Å²) in [6.07, 6.45) is 1.27. The molecule has 9 heteroatoms. The van der Waals surface area contributed by atoms with E-state index in [1.165, 1.54) is 39.8 Å². The smallest absolute Gasteiger partial charge is 0.203 e. The van der Waals surface area contributed by atoms with Gasteiger partial charge in [0.05, 0.1) is 21.3 Å². The molecule has 146 valence electrons. The fourth-order valence-electron chi connectivity index (χ4n) is 2.54. The molecular formula is C19H18F2N4O3. The summed E-state index contributed by atoms with van der Waals surface area (Å²) in [4.78, 5) is 8.10. The Balaban J connectivity index is 1.87. The third kappa shape index (κ3) is 4.03. The molecule has 2 aromatic carbocycles. The first-order chi connectivity index (χ1) is 13.5. The molecule has 7 nitrogen and oxygen atoms in total. The van der Waals surface area contributed by atoms with Crippen molar-refractivity contribution in [2.45, 2.75) is 0 Å². The second-order valence-electron chi connectivity index (χ2n) is 5.55. The minimum atomic E-state index is -0.724. The summed E-state index contributed by atoms with van der Waals surface area (Å²) in [5.41, 5.74) is 0.316. The van der Waals surface area contributed by atoms with E-state index >= 15 is 0 Å². The highest BCUT2D eigenvalue weighted by Gasteiger charge is 2.14. The van der Waals surface area contributed by atoms with Gasteiger partial charge in [0.15, 0.2) is 11.5 Å². The number of hydrogen-bond donors (Lipinski definition) is 2.